The fraction of sp³-hybridized carbons (Fsp3) is 0.235. The van der Waals surface area contributed by atoms with Crippen LogP contribution in [0, 0.1) is 21.4 Å². The number of hydrogen-bond acceptors (Lipinski definition) is 3. The second kappa shape index (κ2) is 6.99. The Bertz CT molecular complexity index is 780. The summed E-state index contributed by atoms with van der Waals surface area (Å²) >= 11 is 12.1. The van der Waals surface area contributed by atoms with Gasteiger partial charge in [-0.25, -0.2) is 0 Å². The lowest BCUT2D eigenvalue weighted by molar-refractivity contribution is -0.385. The van der Waals surface area contributed by atoms with Crippen molar-refractivity contribution >= 4 is 28.9 Å². The van der Waals surface area contributed by atoms with Gasteiger partial charge in [0.05, 0.1) is 21.9 Å². The molecule has 0 fully saturated rings. The molecule has 1 atom stereocenters. The quantitative estimate of drug-likeness (QED) is 0.527. The maximum atomic E-state index is 11.2. The van der Waals surface area contributed by atoms with Gasteiger partial charge in [-0.3, -0.25) is 10.1 Å². The highest BCUT2D eigenvalue weighted by Gasteiger charge is 2.24. The molecule has 118 valence electrons. The third kappa shape index (κ3) is 3.64. The maximum absolute atomic E-state index is 11.2. The molecule has 0 N–H and O–H groups in total. The Kier molecular flexibility index (Phi) is 5.25. The van der Waals surface area contributed by atoms with E-state index >= 15 is 0 Å². The highest BCUT2D eigenvalue weighted by Crippen LogP contribution is 2.37. The number of rotatable bonds is 4. The first kappa shape index (κ1) is 17.3. The van der Waals surface area contributed by atoms with Crippen LogP contribution in [0.15, 0.2) is 36.4 Å². The average molecular weight is 349 g/mol. The third-order valence-electron chi connectivity index (χ3n) is 3.61. The molecule has 0 bridgehead atoms. The van der Waals surface area contributed by atoms with Crippen molar-refractivity contribution in [3.05, 3.63) is 73.2 Å². The van der Waals surface area contributed by atoms with Gasteiger partial charge >= 0.3 is 0 Å². The predicted octanol–water partition coefficient (Wildman–Crippen LogP) is 5.68. The SMILES string of the molecule is CC(C)c1cc([C@@H](C#N)c2ccc(Cl)cc2)c(Cl)cc1[N+](=O)[O-]. The lowest BCUT2D eigenvalue weighted by Crippen LogP contribution is -2.04. The van der Waals surface area contributed by atoms with Crippen molar-refractivity contribution in [2.75, 3.05) is 0 Å². The fourth-order valence-electron chi connectivity index (χ4n) is 2.42. The summed E-state index contributed by atoms with van der Waals surface area (Å²) in [4.78, 5) is 10.8. The second-order valence-electron chi connectivity index (χ2n) is 5.46. The van der Waals surface area contributed by atoms with E-state index in [0.717, 1.165) is 5.56 Å². The highest BCUT2D eigenvalue weighted by molar-refractivity contribution is 6.31. The highest BCUT2D eigenvalue weighted by atomic mass is 35.5. The predicted molar refractivity (Wildman–Crippen MR) is 91.1 cm³/mol. The van der Waals surface area contributed by atoms with Crippen LogP contribution < -0.4 is 0 Å². The number of benzene rings is 2. The lowest BCUT2D eigenvalue weighted by Gasteiger charge is -2.15. The van der Waals surface area contributed by atoms with Gasteiger partial charge in [0.25, 0.3) is 5.69 Å². The standard InChI is InChI=1S/C17H14Cl2N2O2/c1-10(2)13-7-14(16(19)8-17(13)21(22)23)15(9-20)11-3-5-12(18)6-4-11/h3-8,10,15H,1-2H3/t15-/m0/s1. The van der Waals surface area contributed by atoms with Crippen LogP contribution in [-0.4, -0.2) is 4.92 Å². The molecule has 0 radical (unpaired) electrons. The lowest BCUT2D eigenvalue weighted by atomic mass is 9.89. The molecule has 0 saturated heterocycles. The molecule has 0 saturated carbocycles. The van der Waals surface area contributed by atoms with Gasteiger partial charge in [0, 0.05) is 16.7 Å². The van der Waals surface area contributed by atoms with Crippen molar-refractivity contribution in [2.45, 2.75) is 25.7 Å². The molecule has 0 spiro atoms. The molecule has 2 aromatic carbocycles. The van der Waals surface area contributed by atoms with Crippen LogP contribution >= 0.6 is 23.2 Å². The van der Waals surface area contributed by atoms with Gasteiger partial charge in [-0.2, -0.15) is 5.26 Å². The molecular weight excluding hydrogens is 335 g/mol. The van der Waals surface area contributed by atoms with Crippen LogP contribution in [0.2, 0.25) is 10.0 Å². The molecule has 0 aliphatic heterocycles. The Hall–Kier alpha value is -2.09. The van der Waals surface area contributed by atoms with E-state index < -0.39 is 10.8 Å². The zero-order valence-electron chi connectivity index (χ0n) is 12.6. The van der Waals surface area contributed by atoms with Gasteiger partial charge in [0.2, 0.25) is 0 Å². The molecule has 0 amide bonds. The molecule has 6 heteroatoms. The van der Waals surface area contributed by atoms with Crippen LogP contribution in [0.4, 0.5) is 5.69 Å². The number of hydrogen-bond donors (Lipinski definition) is 0. The summed E-state index contributed by atoms with van der Waals surface area (Å²) in [6.45, 7) is 3.73. The summed E-state index contributed by atoms with van der Waals surface area (Å²) in [5.74, 6) is -0.672. The molecular formula is C17H14Cl2N2O2. The Balaban J connectivity index is 2.61. The maximum Gasteiger partial charge on any atom is 0.274 e. The first-order valence-corrected chi connectivity index (χ1v) is 7.73. The van der Waals surface area contributed by atoms with Crippen LogP contribution in [0.5, 0.6) is 0 Å². The van der Waals surface area contributed by atoms with E-state index in [1.54, 1.807) is 30.3 Å². The summed E-state index contributed by atoms with van der Waals surface area (Å²) in [5.41, 5.74) is 1.83. The summed E-state index contributed by atoms with van der Waals surface area (Å²) in [6.07, 6.45) is 0. The Morgan fingerprint density at radius 1 is 1.13 bits per heavy atom. The smallest absolute Gasteiger partial charge is 0.258 e. The van der Waals surface area contributed by atoms with E-state index in [-0.39, 0.29) is 16.6 Å². The normalized spacial score (nSPS) is 12.0. The number of nitrogens with zero attached hydrogens (tertiary/aromatic N) is 2. The van der Waals surface area contributed by atoms with E-state index in [4.69, 9.17) is 23.2 Å². The minimum Gasteiger partial charge on any atom is -0.258 e. The summed E-state index contributed by atoms with van der Waals surface area (Å²) in [7, 11) is 0. The molecule has 0 aliphatic carbocycles. The molecule has 0 aliphatic rings. The summed E-state index contributed by atoms with van der Waals surface area (Å²) < 4.78 is 0. The number of halogens is 2. The molecule has 2 aromatic rings. The Morgan fingerprint density at radius 2 is 1.74 bits per heavy atom. The summed E-state index contributed by atoms with van der Waals surface area (Å²) in [5, 5.41) is 21.5. The minimum absolute atomic E-state index is 0.0263. The van der Waals surface area contributed by atoms with Crippen LogP contribution in [-0.2, 0) is 0 Å². The first-order chi connectivity index (χ1) is 10.8. The van der Waals surface area contributed by atoms with E-state index in [1.807, 2.05) is 13.8 Å². The fourth-order valence-corrected chi connectivity index (χ4v) is 2.81. The summed E-state index contributed by atoms with van der Waals surface area (Å²) in [6, 6.07) is 12.1. The van der Waals surface area contributed by atoms with E-state index in [2.05, 4.69) is 6.07 Å². The first-order valence-electron chi connectivity index (χ1n) is 6.98. The molecule has 0 aromatic heterocycles. The van der Waals surface area contributed by atoms with Crippen molar-refractivity contribution in [1.82, 2.24) is 0 Å². The zero-order chi connectivity index (χ0) is 17.1. The molecule has 4 nitrogen and oxygen atoms in total. The van der Waals surface area contributed by atoms with Crippen molar-refractivity contribution < 1.29 is 4.92 Å². The van der Waals surface area contributed by atoms with E-state index in [1.165, 1.54) is 6.07 Å². The van der Waals surface area contributed by atoms with Crippen LogP contribution in [0.1, 0.15) is 42.4 Å². The largest absolute Gasteiger partial charge is 0.274 e. The Labute approximate surface area is 144 Å². The third-order valence-corrected chi connectivity index (χ3v) is 4.19. The van der Waals surface area contributed by atoms with Crippen molar-refractivity contribution in [3.63, 3.8) is 0 Å². The van der Waals surface area contributed by atoms with E-state index in [0.29, 0.717) is 16.1 Å². The van der Waals surface area contributed by atoms with Crippen molar-refractivity contribution in [2.24, 2.45) is 0 Å². The second-order valence-corrected chi connectivity index (χ2v) is 6.30. The monoisotopic (exact) mass is 348 g/mol. The topological polar surface area (TPSA) is 66.9 Å². The zero-order valence-corrected chi connectivity index (χ0v) is 14.1. The van der Waals surface area contributed by atoms with Gasteiger partial charge in [-0.15, -0.1) is 0 Å². The average Bonchev–Trinajstić information content (AvgIpc) is 2.50. The molecule has 23 heavy (non-hydrogen) atoms. The van der Waals surface area contributed by atoms with Crippen LogP contribution in [0.25, 0.3) is 0 Å². The van der Waals surface area contributed by atoms with Crippen LogP contribution in [0.3, 0.4) is 0 Å². The molecule has 0 unspecified atom stereocenters. The van der Waals surface area contributed by atoms with Gasteiger partial charge in [0.1, 0.15) is 0 Å². The molecule has 2 rings (SSSR count). The van der Waals surface area contributed by atoms with Crippen molar-refractivity contribution in [3.8, 4) is 6.07 Å². The Morgan fingerprint density at radius 3 is 2.22 bits per heavy atom. The van der Waals surface area contributed by atoms with Gasteiger partial charge in [-0.05, 0) is 35.2 Å². The number of nitro benzene ring substituents is 1. The van der Waals surface area contributed by atoms with Gasteiger partial charge < -0.3 is 0 Å². The molecule has 0 heterocycles. The number of nitro groups is 1. The van der Waals surface area contributed by atoms with Gasteiger partial charge in [-0.1, -0.05) is 49.2 Å². The minimum atomic E-state index is -0.613. The number of nitriles is 1. The van der Waals surface area contributed by atoms with Crippen molar-refractivity contribution in [1.29, 1.82) is 5.26 Å². The van der Waals surface area contributed by atoms with Gasteiger partial charge in [0.15, 0.2) is 0 Å². The van der Waals surface area contributed by atoms with E-state index in [9.17, 15) is 15.4 Å².